The number of hydrogen-bond donors (Lipinski definition) is 2. The molecule has 2 aliphatic carbocycles. The fourth-order valence-corrected chi connectivity index (χ4v) is 4.72. The summed E-state index contributed by atoms with van der Waals surface area (Å²) in [6.07, 6.45) is 13.1. The molecule has 0 aromatic carbocycles. The molecule has 0 bridgehead atoms. The predicted octanol–water partition coefficient (Wildman–Crippen LogP) is 4.01. The van der Waals surface area contributed by atoms with Gasteiger partial charge in [0, 0.05) is 12.0 Å². The van der Waals surface area contributed by atoms with E-state index in [1.54, 1.807) is 0 Å². The first-order chi connectivity index (χ1) is 8.93. The van der Waals surface area contributed by atoms with Gasteiger partial charge in [-0.2, -0.15) is 0 Å². The first-order valence-electron chi connectivity index (χ1n) is 8.36. The van der Waals surface area contributed by atoms with Gasteiger partial charge in [0.05, 0.1) is 5.60 Å². The topological polar surface area (TPSA) is 46.2 Å². The highest BCUT2D eigenvalue weighted by Gasteiger charge is 2.52. The lowest BCUT2D eigenvalue weighted by Crippen LogP contribution is -2.56. The average Bonchev–Trinajstić information content (AvgIpc) is 2.27. The fourth-order valence-electron chi connectivity index (χ4n) is 4.72. The third-order valence-corrected chi connectivity index (χ3v) is 5.90. The molecule has 0 heterocycles. The number of nitrogens with two attached hydrogens (primary N) is 1. The van der Waals surface area contributed by atoms with Crippen LogP contribution in [0.4, 0.5) is 0 Å². The maximum absolute atomic E-state index is 11.4. The maximum atomic E-state index is 11.4. The van der Waals surface area contributed by atoms with Crippen molar-refractivity contribution in [2.45, 2.75) is 90.1 Å². The highest BCUT2D eigenvalue weighted by atomic mass is 16.3. The molecule has 0 saturated heterocycles. The molecular weight excluding hydrogens is 234 g/mol. The second kappa shape index (κ2) is 5.73. The molecule has 2 heteroatoms. The van der Waals surface area contributed by atoms with Crippen LogP contribution in [0.25, 0.3) is 0 Å². The van der Waals surface area contributed by atoms with Crippen LogP contribution in [0.5, 0.6) is 0 Å². The Morgan fingerprint density at radius 1 is 0.842 bits per heavy atom. The second-order valence-corrected chi connectivity index (χ2v) is 7.98. The fraction of sp³-hybridized carbons (Fsp3) is 1.00. The second-order valence-electron chi connectivity index (χ2n) is 7.98. The average molecular weight is 267 g/mol. The van der Waals surface area contributed by atoms with Crippen molar-refractivity contribution in [2.24, 2.45) is 16.6 Å². The van der Waals surface area contributed by atoms with Gasteiger partial charge in [0.1, 0.15) is 0 Å². The van der Waals surface area contributed by atoms with Crippen molar-refractivity contribution in [3.05, 3.63) is 0 Å². The van der Waals surface area contributed by atoms with E-state index in [1.165, 1.54) is 38.5 Å². The highest BCUT2D eigenvalue weighted by molar-refractivity contribution is 5.04. The minimum absolute atomic E-state index is 0.00882. The first kappa shape index (κ1) is 15.3. The molecule has 0 aliphatic heterocycles. The Balaban J connectivity index is 2.21. The Hall–Kier alpha value is -0.0800. The molecule has 3 N–H and O–H groups in total. The van der Waals surface area contributed by atoms with E-state index in [0.717, 1.165) is 32.1 Å². The van der Waals surface area contributed by atoms with Crippen LogP contribution in [0.15, 0.2) is 0 Å². The van der Waals surface area contributed by atoms with Crippen LogP contribution < -0.4 is 5.73 Å². The summed E-state index contributed by atoms with van der Waals surface area (Å²) in [5.74, 6) is 0. The SMILES string of the molecule is CC1(C)CCCC(O)(C2(CN)CCCCCCC2)C1. The zero-order chi connectivity index (χ0) is 14.0. The molecular formula is C17H33NO. The van der Waals surface area contributed by atoms with Gasteiger partial charge in [0.25, 0.3) is 0 Å². The smallest absolute Gasteiger partial charge is 0.0720 e. The third-order valence-electron chi connectivity index (χ3n) is 5.90. The zero-order valence-corrected chi connectivity index (χ0v) is 13.0. The monoisotopic (exact) mass is 267 g/mol. The molecule has 0 amide bonds. The van der Waals surface area contributed by atoms with E-state index in [2.05, 4.69) is 13.8 Å². The summed E-state index contributed by atoms with van der Waals surface area (Å²) in [6.45, 7) is 5.29. The van der Waals surface area contributed by atoms with Crippen LogP contribution in [0, 0.1) is 10.8 Å². The van der Waals surface area contributed by atoms with Crippen molar-refractivity contribution in [1.82, 2.24) is 0 Å². The van der Waals surface area contributed by atoms with Crippen molar-refractivity contribution >= 4 is 0 Å². The highest BCUT2D eigenvalue weighted by Crippen LogP contribution is 2.53. The Labute approximate surface area is 119 Å². The third kappa shape index (κ3) is 3.16. The van der Waals surface area contributed by atoms with Crippen molar-refractivity contribution in [1.29, 1.82) is 0 Å². The zero-order valence-electron chi connectivity index (χ0n) is 13.0. The van der Waals surface area contributed by atoms with Crippen LogP contribution in [-0.4, -0.2) is 17.3 Å². The van der Waals surface area contributed by atoms with Gasteiger partial charge < -0.3 is 10.8 Å². The van der Waals surface area contributed by atoms with Crippen LogP contribution in [0.2, 0.25) is 0 Å². The van der Waals surface area contributed by atoms with E-state index in [1.807, 2.05) is 0 Å². The summed E-state index contributed by atoms with van der Waals surface area (Å²) in [6, 6.07) is 0. The quantitative estimate of drug-likeness (QED) is 0.794. The van der Waals surface area contributed by atoms with E-state index in [-0.39, 0.29) is 10.8 Å². The van der Waals surface area contributed by atoms with E-state index < -0.39 is 5.60 Å². The summed E-state index contributed by atoms with van der Waals surface area (Å²) < 4.78 is 0. The van der Waals surface area contributed by atoms with Gasteiger partial charge >= 0.3 is 0 Å². The summed E-state index contributed by atoms with van der Waals surface area (Å²) >= 11 is 0. The molecule has 19 heavy (non-hydrogen) atoms. The van der Waals surface area contributed by atoms with Crippen molar-refractivity contribution < 1.29 is 5.11 Å². The maximum Gasteiger partial charge on any atom is 0.0720 e. The van der Waals surface area contributed by atoms with Crippen LogP contribution in [0.3, 0.4) is 0 Å². The Morgan fingerprint density at radius 3 is 1.95 bits per heavy atom. The summed E-state index contributed by atoms with van der Waals surface area (Å²) in [5, 5.41) is 11.4. The van der Waals surface area contributed by atoms with E-state index >= 15 is 0 Å². The minimum Gasteiger partial charge on any atom is -0.389 e. The molecule has 2 saturated carbocycles. The molecule has 1 unspecified atom stereocenters. The molecule has 112 valence electrons. The normalized spacial score (nSPS) is 35.4. The van der Waals surface area contributed by atoms with Gasteiger partial charge in [0.15, 0.2) is 0 Å². The van der Waals surface area contributed by atoms with Gasteiger partial charge in [-0.3, -0.25) is 0 Å². The molecule has 0 spiro atoms. The minimum atomic E-state index is -0.513. The predicted molar refractivity (Wildman–Crippen MR) is 81.0 cm³/mol. The van der Waals surface area contributed by atoms with Crippen molar-refractivity contribution in [3.8, 4) is 0 Å². The van der Waals surface area contributed by atoms with Gasteiger partial charge in [-0.25, -0.2) is 0 Å². The van der Waals surface area contributed by atoms with Gasteiger partial charge in [-0.05, 0) is 37.5 Å². The lowest BCUT2D eigenvalue weighted by atomic mass is 9.55. The summed E-state index contributed by atoms with van der Waals surface area (Å²) in [4.78, 5) is 0. The lowest BCUT2D eigenvalue weighted by Gasteiger charge is -2.54. The Kier molecular flexibility index (Phi) is 4.62. The van der Waals surface area contributed by atoms with Gasteiger partial charge in [-0.15, -0.1) is 0 Å². The number of rotatable bonds is 2. The largest absolute Gasteiger partial charge is 0.389 e. The molecule has 2 nitrogen and oxygen atoms in total. The van der Waals surface area contributed by atoms with E-state index in [0.29, 0.717) is 6.54 Å². The molecule has 2 fully saturated rings. The molecule has 2 rings (SSSR count). The van der Waals surface area contributed by atoms with Crippen molar-refractivity contribution in [2.75, 3.05) is 6.54 Å². The first-order valence-corrected chi connectivity index (χ1v) is 8.36. The molecule has 0 aromatic heterocycles. The summed E-state index contributed by atoms with van der Waals surface area (Å²) in [7, 11) is 0. The number of aliphatic hydroxyl groups is 1. The molecule has 2 aliphatic rings. The Bertz CT molecular complexity index is 292. The van der Waals surface area contributed by atoms with Gasteiger partial charge in [0.2, 0.25) is 0 Å². The molecule has 1 atom stereocenters. The van der Waals surface area contributed by atoms with E-state index in [4.69, 9.17) is 5.73 Å². The Morgan fingerprint density at radius 2 is 1.42 bits per heavy atom. The number of hydrogen-bond acceptors (Lipinski definition) is 2. The van der Waals surface area contributed by atoms with E-state index in [9.17, 15) is 5.11 Å². The van der Waals surface area contributed by atoms with Crippen LogP contribution in [0.1, 0.15) is 84.5 Å². The lowest BCUT2D eigenvalue weighted by molar-refractivity contribution is -0.141. The van der Waals surface area contributed by atoms with Crippen LogP contribution >= 0.6 is 0 Å². The van der Waals surface area contributed by atoms with Gasteiger partial charge in [-0.1, -0.05) is 52.4 Å². The molecule has 0 radical (unpaired) electrons. The molecule has 0 aromatic rings. The standard InChI is InChI=1S/C17H33NO/c1-15(2)9-8-12-17(19,13-15)16(14-18)10-6-4-3-5-7-11-16/h19H,3-14,18H2,1-2H3. The van der Waals surface area contributed by atoms with Crippen molar-refractivity contribution in [3.63, 3.8) is 0 Å². The van der Waals surface area contributed by atoms with Crippen LogP contribution in [-0.2, 0) is 0 Å². The summed E-state index contributed by atoms with van der Waals surface area (Å²) in [5.41, 5.74) is 5.96.